The number of anilines is 1. The van der Waals surface area contributed by atoms with Crippen molar-refractivity contribution in [3.63, 3.8) is 0 Å². The quantitative estimate of drug-likeness (QED) is 0.694. The average molecular weight is 393 g/mol. The molecule has 0 radical (unpaired) electrons. The molecule has 0 spiro atoms. The summed E-state index contributed by atoms with van der Waals surface area (Å²) in [7, 11) is 1.65. The molecule has 1 N–H and O–H groups in total. The SMILES string of the molecule is COc1cccc(-c2nc3cnccn3c2NCCC(=O)N2CCCC(C)C2)c1. The normalized spacial score (nSPS) is 16.8. The number of imidazole rings is 1. The van der Waals surface area contributed by atoms with E-state index in [9.17, 15) is 4.79 Å². The molecule has 2 aromatic heterocycles. The first-order valence-electron chi connectivity index (χ1n) is 10.1. The van der Waals surface area contributed by atoms with Gasteiger partial charge in [-0.2, -0.15) is 0 Å². The highest BCUT2D eigenvalue weighted by atomic mass is 16.5. The summed E-state index contributed by atoms with van der Waals surface area (Å²) in [5.41, 5.74) is 2.52. The van der Waals surface area contributed by atoms with Crippen molar-refractivity contribution in [1.29, 1.82) is 0 Å². The molecule has 1 aliphatic heterocycles. The summed E-state index contributed by atoms with van der Waals surface area (Å²) in [6.45, 7) is 4.51. The molecule has 3 aromatic rings. The van der Waals surface area contributed by atoms with Gasteiger partial charge in [-0.05, 0) is 30.9 Å². The van der Waals surface area contributed by atoms with E-state index in [-0.39, 0.29) is 5.91 Å². The van der Waals surface area contributed by atoms with Crippen molar-refractivity contribution in [3.8, 4) is 17.0 Å². The summed E-state index contributed by atoms with van der Waals surface area (Å²) in [6.07, 6.45) is 8.11. The zero-order valence-corrected chi connectivity index (χ0v) is 17.0. The molecule has 1 fully saturated rings. The molecule has 1 amide bonds. The Kier molecular flexibility index (Phi) is 5.64. The van der Waals surface area contributed by atoms with Crippen molar-refractivity contribution in [3.05, 3.63) is 42.9 Å². The third-order valence-electron chi connectivity index (χ3n) is 5.41. The van der Waals surface area contributed by atoms with E-state index in [1.165, 1.54) is 6.42 Å². The molecule has 1 unspecified atom stereocenters. The molecule has 1 atom stereocenters. The molecule has 1 aromatic carbocycles. The van der Waals surface area contributed by atoms with Crippen LogP contribution >= 0.6 is 0 Å². The van der Waals surface area contributed by atoms with Crippen LogP contribution < -0.4 is 10.1 Å². The first-order chi connectivity index (χ1) is 14.2. The summed E-state index contributed by atoms with van der Waals surface area (Å²) < 4.78 is 7.33. The Bertz CT molecular complexity index is 1000. The smallest absolute Gasteiger partial charge is 0.224 e. The predicted octanol–water partition coefficient (Wildman–Crippen LogP) is 3.47. The number of hydrogen-bond donors (Lipinski definition) is 1. The number of hydrogen-bond acceptors (Lipinski definition) is 5. The fourth-order valence-corrected chi connectivity index (χ4v) is 3.91. The molecular weight excluding hydrogens is 366 g/mol. The van der Waals surface area contributed by atoms with Crippen LogP contribution in [0.1, 0.15) is 26.2 Å². The molecule has 152 valence electrons. The molecule has 0 aliphatic carbocycles. The molecule has 4 rings (SSSR count). The van der Waals surface area contributed by atoms with Crippen molar-refractivity contribution in [1.82, 2.24) is 19.3 Å². The van der Waals surface area contributed by atoms with E-state index in [1.54, 1.807) is 19.5 Å². The van der Waals surface area contributed by atoms with Gasteiger partial charge in [0, 0.05) is 44.0 Å². The predicted molar refractivity (Wildman–Crippen MR) is 113 cm³/mol. The van der Waals surface area contributed by atoms with Crippen LogP contribution in [0.5, 0.6) is 5.75 Å². The number of likely N-dealkylation sites (tertiary alicyclic amines) is 1. The topological polar surface area (TPSA) is 71.8 Å². The van der Waals surface area contributed by atoms with Crippen LogP contribution in [-0.2, 0) is 4.79 Å². The Morgan fingerprint density at radius 1 is 1.38 bits per heavy atom. The molecule has 0 bridgehead atoms. The van der Waals surface area contributed by atoms with Crippen molar-refractivity contribution >= 4 is 17.4 Å². The number of amides is 1. The van der Waals surface area contributed by atoms with Crippen LogP contribution in [0.4, 0.5) is 5.82 Å². The van der Waals surface area contributed by atoms with Gasteiger partial charge in [-0.1, -0.05) is 19.1 Å². The number of carbonyl (C=O) groups excluding carboxylic acids is 1. The van der Waals surface area contributed by atoms with Crippen LogP contribution in [0.3, 0.4) is 0 Å². The first kappa shape index (κ1) is 19.2. The third kappa shape index (κ3) is 4.18. The summed E-state index contributed by atoms with van der Waals surface area (Å²) in [5.74, 6) is 2.43. The standard InChI is InChI=1S/C22H27N5O2/c1-16-5-4-11-26(15-16)20(28)8-9-24-22-21(17-6-3-7-18(13-17)29-2)25-19-14-23-10-12-27(19)22/h3,6-7,10,12-14,16,24H,4-5,8-9,11,15H2,1-2H3. The maximum atomic E-state index is 12.6. The molecule has 1 aliphatic rings. The Morgan fingerprint density at radius 2 is 2.28 bits per heavy atom. The van der Waals surface area contributed by atoms with Crippen LogP contribution in [0.25, 0.3) is 16.9 Å². The largest absolute Gasteiger partial charge is 0.497 e. The Balaban J connectivity index is 1.54. The van der Waals surface area contributed by atoms with Crippen LogP contribution in [0.15, 0.2) is 42.9 Å². The zero-order chi connectivity index (χ0) is 20.2. The van der Waals surface area contributed by atoms with Gasteiger partial charge in [0.2, 0.25) is 5.91 Å². The molecule has 7 heteroatoms. The second kappa shape index (κ2) is 8.51. The number of rotatable bonds is 6. The summed E-state index contributed by atoms with van der Waals surface area (Å²) in [5, 5.41) is 3.44. The van der Waals surface area contributed by atoms with E-state index >= 15 is 0 Å². The van der Waals surface area contributed by atoms with Crippen LogP contribution in [-0.4, -0.2) is 51.9 Å². The highest BCUT2D eigenvalue weighted by Gasteiger charge is 2.21. The van der Waals surface area contributed by atoms with Gasteiger partial charge >= 0.3 is 0 Å². The molecule has 0 saturated carbocycles. The monoisotopic (exact) mass is 393 g/mol. The van der Waals surface area contributed by atoms with Gasteiger partial charge in [0.05, 0.1) is 13.3 Å². The Morgan fingerprint density at radius 3 is 3.10 bits per heavy atom. The minimum Gasteiger partial charge on any atom is -0.497 e. The van der Waals surface area contributed by atoms with Gasteiger partial charge in [0.25, 0.3) is 0 Å². The number of aromatic nitrogens is 3. The number of ether oxygens (including phenoxy) is 1. The van der Waals surface area contributed by atoms with Crippen LogP contribution in [0.2, 0.25) is 0 Å². The van der Waals surface area contributed by atoms with E-state index in [1.807, 2.05) is 39.8 Å². The van der Waals surface area contributed by atoms with Crippen LogP contribution in [0, 0.1) is 5.92 Å². The number of nitrogens with zero attached hydrogens (tertiary/aromatic N) is 4. The minimum absolute atomic E-state index is 0.211. The minimum atomic E-state index is 0.211. The van der Waals surface area contributed by atoms with E-state index in [0.717, 1.165) is 48.0 Å². The Labute approximate surface area is 170 Å². The number of nitrogens with one attached hydrogen (secondary N) is 1. The van der Waals surface area contributed by atoms with Crippen molar-refractivity contribution in [2.75, 3.05) is 32.1 Å². The first-order valence-corrected chi connectivity index (χ1v) is 10.1. The second-order valence-electron chi connectivity index (χ2n) is 7.61. The van der Waals surface area contributed by atoms with Gasteiger partial charge in [-0.25, -0.2) is 4.98 Å². The second-order valence-corrected chi connectivity index (χ2v) is 7.61. The average Bonchev–Trinajstić information content (AvgIpc) is 3.12. The molecule has 1 saturated heterocycles. The van der Waals surface area contributed by atoms with E-state index in [2.05, 4.69) is 17.2 Å². The molecule has 7 nitrogen and oxygen atoms in total. The molecule has 3 heterocycles. The fourth-order valence-electron chi connectivity index (χ4n) is 3.91. The lowest BCUT2D eigenvalue weighted by molar-refractivity contribution is -0.132. The van der Waals surface area contributed by atoms with Gasteiger partial charge in [0.15, 0.2) is 5.65 Å². The summed E-state index contributed by atoms with van der Waals surface area (Å²) >= 11 is 0. The Hall–Kier alpha value is -3.09. The fraction of sp³-hybridized carbons (Fsp3) is 0.409. The lowest BCUT2D eigenvalue weighted by Gasteiger charge is -2.31. The van der Waals surface area contributed by atoms with Gasteiger partial charge in [0.1, 0.15) is 17.3 Å². The highest BCUT2D eigenvalue weighted by molar-refractivity contribution is 5.79. The van der Waals surface area contributed by atoms with Crippen molar-refractivity contribution in [2.45, 2.75) is 26.2 Å². The maximum absolute atomic E-state index is 12.6. The van der Waals surface area contributed by atoms with Gasteiger partial charge in [-0.3, -0.25) is 14.2 Å². The summed E-state index contributed by atoms with van der Waals surface area (Å²) in [4.78, 5) is 23.5. The van der Waals surface area contributed by atoms with Gasteiger partial charge < -0.3 is 15.0 Å². The number of piperidine rings is 1. The number of benzene rings is 1. The highest BCUT2D eigenvalue weighted by Crippen LogP contribution is 2.30. The molecular formula is C22H27N5O2. The zero-order valence-electron chi connectivity index (χ0n) is 17.0. The lowest BCUT2D eigenvalue weighted by atomic mass is 10.00. The number of methoxy groups -OCH3 is 1. The maximum Gasteiger partial charge on any atom is 0.224 e. The van der Waals surface area contributed by atoms with E-state index in [0.29, 0.717) is 18.9 Å². The summed E-state index contributed by atoms with van der Waals surface area (Å²) in [6, 6.07) is 7.82. The van der Waals surface area contributed by atoms with E-state index in [4.69, 9.17) is 9.72 Å². The van der Waals surface area contributed by atoms with Gasteiger partial charge in [-0.15, -0.1) is 0 Å². The number of fused-ring (bicyclic) bond motifs is 1. The molecule has 29 heavy (non-hydrogen) atoms. The van der Waals surface area contributed by atoms with Crippen molar-refractivity contribution in [2.24, 2.45) is 5.92 Å². The number of carbonyl (C=O) groups is 1. The van der Waals surface area contributed by atoms with E-state index < -0.39 is 0 Å². The van der Waals surface area contributed by atoms with Crippen molar-refractivity contribution < 1.29 is 9.53 Å². The lowest BCUT2D eigenvalue weighted by Crippen LogP contribution is -2.39. The third-order valence-corrected chi connectivity index (χ3v) is 5.41.